The van der Waals surface area contributed by atoms with Gasteiger partial charge in [0.05, 0.1) is 5.75 Å². The number of rotatable bonds is 15. The van der Waals surface area contributed by atoms with E-state index in [1.54, 1.807) is 18.2 Å². The Morgan fingerprint density at radius 2 is 1.40 bits per heavy atom. The fourth-order valence-corrected chi connectivity index (χ4v) is 4.22. The Hall–Kier alpha value is -1.89. The lowest BCUT2D eigenvalue weighted by Crippen LogP contribution is -2.19. The van der Waals surface area contributed by atoms with Crippen LogP contribution in [0, 0.1) is 0 Å². The van der Waals surface area contributed by atoms with Gasteiger partial charge in [-0.3, -0.25) is 0 Å². The van der Waals surface area contributed by atoms with Gasteiger partial charge in [0.15, 0.2) is 9.84 Å². The standard InChI is InChI=1S/C24H36N2O3S/c1-30(28,29)20-22-11-12-24(27)23(19-22)14-18-26-16-8-3-2-7-15-25-17-13-21-9-5-4-6-10-21/h4-6,9-12,19,25-27H,2-3,7-8,13-18,20H2,1H3. The van der Waals surface area contributed by atoms with Crippen molar-refractivity contribution >= 4 is 9.84 Å². The average molecular weight is 433 g/mol. The van der Waals surface area contributed by atoms with Gasteiger partial charge in [0.1, 0.15) is 5.75 Å². The first-order valence-corrected chi connectivity index (χ1v) is 12.9. The van der Waals surface area contributed by atoms with Crippen LogP contribution in [0.15, 0.2) is 48.5 Å². The lowest BCUT2D eigenvalue weighted by molar-refractivity contribution is 0.466. The SMILES string of the molecule is CS(=O)(=O)Cc1ccc(O)c(CCNCCCCCCNCCc2ccccc2)c1. The molecule has 0 aliphatic heterocycles. The third-order valence-corrected chi connectivity index (χ3v) is 5.89. The molecule has 0 atom stereocenters. The number of aromatic hydroxyl groups is 1. The zero-order chi connectivity index (χ0) is 21.7. The highest BCUT2D eigenvalue weighted by molar-refractivity contribution is 7.89. The molecule has 166 valence electrons. The van der Waals surface area contributed by atoms with Crippen LogP contribution < -0.4 is 10.6 Å². The van der Waals surface area contributed by atoms with Crippen molar-refractivity contribution in [2.75, 3.05) is 32.4 Å². The van der Waals surface area contributed by atoms with E-state index in [1.807, 2.05) is 0 Å². The maximum Gasteiger partial charge on any atom is 0.151 e. The van der Waals surface area contributed by atoms with E-state index in [0.717, 1.165) is 50.1 Å². The summed E-state index contributed by atoms with van der Waals surface area (Å²) in [5, 5.41) is 16.9. The highest BCUT2D eigenvalue weighted by atomic mass is 32.2. The highest BCUT2D eigenvalue weighted by Gasteiger charge is 2.08. The first kappa shape index (κ1) is 24.4. The van der Waals surface area contributed by atoms with Crippen molar-refractivity contribution in [2.24, 2.45) is 0 Å². The van der Waals surface area contributed by atoms with Crippen LogP contribution in [0.5, 0.6) is 5.75 Å². The van der Waals surface area contributed by atoms with Crippen LogP contribution >= 0.6 is 0 Å². The van der Waals surface area contributed by atoms with Crippen LogP contribution in [-0.2, 0) is 28.4 Å². The molecule has 0 spiro atoms. The molecule has 0 bridgehead atoms. The van der Waals surface area contributed by atoms with Gasteiger partial charge in [-0.1, -0.05) is 55.3 Å². The normalized spacial score (nSPS) is 11.6. The van der Waals surface area contributed by atoms with Crippen molar-refractivity contribution in [1.29, 1.82) is 0 Å². The van der Waals surface area contributed by atoms with Crippen molar-refractivity contribution in [2.45, 2.75) is 44.3 Å². The number of sulfone groups is 1. The third-order valence-electron chi connectivity index (χ3n) is 5.03. The first-order valence-electron chi connectivity index (χ1n) is 10.9. The number of phenolic OH excluding ortho intramolecular Hbond substituents is 1. The maximum atomic E-state index is 11.4. The van der Waals surface area contributed by atoms with Gasteiger partial charge in [0, 0.05) is 6.26 Å². The summed E-state index contributed by atoms with van der Waals surface area (Å²) >= 11 is 0. The van der Waals surface area contributed by atoms with E-state index in [1.165, 1.54) is 31.1 Å². The number of nitrogens with one attached hydrogen (secondary N) is 2. The Morgan fingerprint density at radius 1 is 0.767 bits per heavy atom. The molecule has 0 amide bonds. The summed E-state index contributed by atoms with van der Waals surface area (Å²) in [7, 11) is -3.07. The van der Waals surface area contributed by atoms with E-state index in [0.29, 0.717) is 6.42 Å². The molecule has 0 fully saturated rings. The van der Waals surface area contributed by atoms with Gasteiger partial charge in [-0.25, -0.2) is 8.42 Å². The van der Waals surface area contributed by atoms with Crippen LogP contribution in [0.1, 0.15) is 42.4 Å². The fourth-order valence-electron chi connectivity index (χ4n) is 3.44. The summed E-state index contributed by atoms with van der Waals surface area (Å²) in [5.74, 6) is 0.239. The molecular weight excluding hydrogens is 396 g/mol. The Bertz CT molecular complexity index is 839. The number of hydrogen-bond acceptors (Lipinski definition) is 5. The van der Waals surface area contributed by atoms with Crippen LogP contribution in [0.3, 0.4) is 0 Å². The minimum Gasteiger partial charge on any atom is -0.508 e. The van der Waals surface area contributed by atoms with Crippen molar-refractivity contribution in [3.8, 4) is 5.75 Å². The monoisotopic (exact) mass is 432 g/mol. The summed E-state index contributed by atoms with van der Waals surface area (Å²) in [6.45, 7) is 3.84. The molecule has 3 N–H and O–H groups in total. The van der Waals surface area contributed by atoms with Gasteiger partial charge in [-0.15, -0.1) is 0 Å². The first-order chi connectivity index (χ1) is 14.4. The van der Waals surface area contributed by atoms with Crippen molar-refractivity contribution < 1.29 is 13.5 Å². The lowest BCUT2D eigenvalue weighted by Gasteiger charge is -2.09. The molecule has 0 unspecified atom stereocenters. The summed E-state index contributed by atoms with van der Waals surface area (Å²) < 4.78 is 22.9. The molecule has 2 rings (SSSR count). The van der Waals surface area contributed by atoms with E-state index < -0.39 is 9.84 Å². The quantitative estimate of drug-likeness (QED) is 0.376. The number of hydrogen-bond donors (Lipinski definition) is 3. The lowest BCUT2D eigenvalue weighted by atomic mass is 10.1. The predicted octanol–water partition coefficient (Wildman–Crippen LogP) is 3.46. The fraction of sp³-hybridized carbons (Fsp3) is 0.500. The minimum absolute atomic E-state index is 0.00875. The van der Waals surface area contributed by atoms with E-state index in [4.69, 9.17) is 0 Å². The topological polar surface area (TPSA) is 78.4 Å². The minimum atomic E-state index is -3.07. The average Bonchev–Trinajstić information content (AvgIpc) is 2.70. The van der Waals surface area contributed by atoms with Gasteiger partial charge in [0.2, 0.25) is 0 Å². The number of unbranched alkanes of at least 4 members (excludes halogenated alkanes) is 3. The number of benzene rings is 2. The smallest absolute Gasteiger partial charge is 0.151 e. The summed E-state index contributed by atoms with van der Waals surface area (Å²) in [6, 6.07) is 15.6. The van der Waals surface area contributed by atoms with Gasteiger partial charge in [-0.05, 0) is 74.6 Å². The summed E-state index contributed by atoms with van der Waals surface area (Å²) in [5.41, 5.74) is 2.90. The molecule has 0 radical (unpaired) electrons. The largest absolute Gasteiger partial charge is 0.508 e. The zero-order valence-corrected chi connectivity index (χ0v) is 18.9. The molecule has 6 heteroatoms. The van der Waals surface area contributed by atoms with Crippen molar-refractivity contribution in [3.05, 3.63) is 65.2 Å². The molecule has 0 aliphatic rings. The van der Waals surface area contributed by atoms with Gasteiger partial charge < -0.3 is 15.7 Å². The molecule has 2 aromatic rings. The second-order valence-corrected chi connectivity index (χ2v) is 10.1. The Morgan fingerprint density at radius 3 is 2.03 bits per heavy atom. The Labute approximate surface area is 181 Å². The van der Waals surface area contributed by atoms with E-state index in [-0.39, 0.29) is 11.5 Å². The summed E-state index contributed by atoms with van der Waals surface area (Å²) in [6.07, 6.45) is 7.78. The number of phenols is 1. The van der Waals surface area contributed by atoms with Crippen LogP contribution in [0.2, 0.25) is 0 Å². The van der Waals surface area contributed by atoms with Gasteiger partial charge >= 0.3 is 0 Å². The molecule has 0 heterocycles. The van der Waals surface area contributed by atoms with Gasteiger partial charge in [-0.2, -0.15) is 0 Å². The molecule has 0 saturated carbocycles. The predicted molar refractivity (Wildman–Crippen MR) is 125 cm³/mol. The highest BCUT2D eigenvalue weighted by Crippen LogP contribution is 2.20. The Kier molecular flexibility index (Phi) is 10.9. The second-order valence-electron chi connectivity index (χ2n) is 7.93. The Balaban J connectivity index is 1.47. The van der Waals surface area contributed by atoms with E-state index in [2.05, 4.69) is 41.0 Å². The van der Waals surface area contributed by atoms with Crippen LogP contribution in [0.25, 0.3) is 0 Å². The van der Waals surface area contributed by atoms with E-state index in [9.17, 15) is 13.5 Å². The molecule has 30 heavy (non-hydrogen) atoms. The molecule has 0 saturated heterocycles. The summed E-state index contributed by atoms with van der Waals surface area (Å²) in [4.78, 5) is 0. The molecule has 2 aromatic carbocycles. The zero-order valence-electron chi connectivity index (χ0n) is 18.1. The molecule has 0 aromatic heterocycles. The third kappa shape index (κ3) is 10.8. The molecular formula is C24H36N2O3S. The second kappa shape index (κ2) is 13.4. The van der Waals surface area contributed by atoms with Gasteiger partial charge in [0.25, 0.3) is 0 Å². The molecule has 0 aliphatic carbocycles. The van der Waals surface area contributed by atoms with Crippen LogP contribution in [-0.4, -0.2) is 46.0 Å². The van der Waals surface area contributed by atoms with Crippen LogP contribution in [0.4, 0.5) is 0 Å². The van der Waals surface area contributed by atoms with Crippen molar-refractivity contribution in [3.63, 3.8) is 0 Å². The molecule has 5 nitrogen and oxygen atoms in total. The van der Waals surface area contributed by atoms with Crippen molar-refractivity contribution in [1.82, 2.24) is 10.6 Å². The van der Waals surface area contributed by atoms with E-state index >= 15 is 0 Å². The maximum absolute atomic E-state index is 11.4.